The molecule has 1 saturated heterocycles. The smallest absolute Gasteiger partial charge is 0.228 e. The number of nitrogen functional groups attached to an aromatic ring is 1. The summed E-state index contributed by atoms with van der Waals surface area (Å²) < 4.78 is 10.8. The third kappa shape index (κ3) is 4.01. The molecule has 3 heterocycles. The lowest BCUT2D eigenvalue weighted by Crippen LogP contribution is -2.39. The zero-order valence-corrected chi connectivity index (χ0v) is 17.3. The van der Waals surface area contributed by atoms with Gasteiger partial charge in [0.25, 0.3) is 0 Å². The van der Waals surface area contributed by atoms with Crippen LogP contribution in [0.5, 0.6) is 11.5 Å². The number of hydrogen-bond acceptors (Lipinski definition) is 6. The molecule has 7 heteroatoms. The molecule has 3 aromatic rings. The molecule has 1 fully saturated rings. The van der Waals surface area contributed by atoms with Gasteiger partial charge < -0.3 is 20.1 Å². The van der Waals surface area contributed by atoms with Crippen LogP contribution in [0.1, 0.15) is 30.1 Å². The summed E-state index contributed by atoms with van der Waals surface area (Å²) in [6.45, 7) is 1.39. The first-order valence-electron chi connectivity index (χ1n) is 10.1. The number of likely N-dealkylation sites (tertiary alicyclic amines) is 1. The standard InChI is InChI=1S/C23H26N4O3/c1-29-20-12-16-11-18(24)23(26-19(16)14-21(20)30-2)15-6-9-27(10-7-15)22(28)13-17-5-3-4-8-25-17/h3-5,8,11-12,14-15H,6-7,9-10,13,24H2,1-2H3. The molecule has 7 nitrogen and oxygen atoms in total. The van der Waals surface area contributed by atoms with Crippen LogP contribution in [0.15, 0.2) is 42.6 Å². The Morgan fingerprint density at radius 1 is 1.13 bits per heavy atom. The van der Waals surface area contributed by atoms with Gasteiger partial charge in [0, 0.05) is 42.4 Å². The quantitative estimate of drug-likeness (QED) is 0.700. The van der Waals surface area contributed by atoms with E-state index in [1.807, 2.05) is 41.3 Å². The molecule has 156 valence electrons. The predicted molar refractivity (Wildman–Crippen MR) is 116 cm³/mol. The van der Waals surface area contributed by atoms with Crippen molar-refractivity contribution in [2.75, 3.05) is 33.0 Å². The van der Waals surface area contributed by atoms with E-state index in [2.05, 4.69) is 4.98 Å². The third-order valence-electron chi connectivity index (χ3n) is 5.67. The van der Waals surface area contributed by atoms with Gasteiger partial charge in [0.1, 0.15) is 0 Å². The van der Waals surface area contributed by atoms with E-state index in [0.717, 1.165) is 35.1 Å². The van der Waals surface area contributed by atoms with E-state index in [-0.39, 0.29) is 11.8 Å². The number of carbonyl (C=O) groups is 1. The van der Waals surface area contributed by atoms with Gasteiger partial charge >= 0.3 is 0 Å². The van der Waals surface area contributed by atoms with E-state index in [1.165, 1.54) is 0 Å². The highest BCUT2D eigenvalue weighted by Gasteiger charge is 2.26. The molecule has 0 saturated carbocycles. The van der Waals surface area contributed by atoms with Crippen molar-refractivity contribution < 1.29 is 14.3 Å². The second-order valence-electron chi connectivity index (χ2n) is 7.52. The highest BCUT2D eigenvalue weighted by atomic mass is 16.5. The van der Waals surface area contributed by atoms with Gasteiger partial charge in [-0.2, -0.15) is 0 Å². The molecule has 1 amide bonds. The zero-order chi connectivity index (χ0) is 21.1. The van der Waals surface area contributed by atoms with Gasteiger partial charge in [0.05, 0.1) is 37.5 Å². The molecule has 1 aliphatic heterocycles. The second kappa shape index (κ2) is 8.57. The van der Waals surface area contributed by atoms with Crippen LogP contribution in [0, 0.1) is 0 Å². The summed E-state index contributed by atoms with van der Waals surface area (Å²) in [5.41, 5.74) is 9.55. The Hall–Kier alpha value is -3.35. The number of hydrogen-bond donors (Lipinski definition) is 1. The summed E-state index contributed by atoms with van der Waals surface area (Å²) in [5.74, 6) is 1.63. The molecule has 1 aliphatic rings. The number of aromatic nitrogens is 2. The first-order valence-corrected chi connectivity index (χ1v) is 10.1. The van der Waals surface area contributed by atoms with Crippen LogP contribution in [0.2, 0.25) is 0 Å². The molecule has 0 spiro atoms. The van der Waals surface area contributed by atoms with Gasteiger partial charge in [-0.25, -0.2) is 0 Å². The number of anilines is 1. The number of nitrogens with zero attached hydrogens (tertiary/aromatic N) is 3. The Balaban J connectivity index is 1.48. The Bertz CT molecular complexity index is 1050. The van der Waals surface area contributed by atoms with Crippen molar-refractivity contribution in [1.82, 2.24) is 14.9 Å². The molecule has 0 aliphatic carbocycles. The van der Waals surface area contributed by atoms with Gasteiger partial charge in [0.15, 0.2) is 11.5 Å². The van der Waals surface area contributed by atoms with Gasteiger partial charge in [-0.1, -0.05) is 6.07 Å². The number of ether oxygens (including phenoxy) is 2. The fourth-order valence-corrected chi connectivity index (χ4v) is 4.03. The molecule has 0 unspecified atom stereocenters. The molecule has 2 aromatic heterocycles. The molecular weight excluding hydrogens is 380 g/mol. The summed E-state index contributed by atoms with van der Waals surface area (Å²) in [7, 11) is 3.22. The van der Waals surface area contributed by atoms with Crippen molar-refractivity contribution in [3.8, 4) is 11.5 Å². The van der Waals surface area contributed by atoms with Crippen LogP contribution in [-0.4, -0.2) is 48.1 Å². The predicted octanol–water partition coefficient (Wildman–Crippen LogP) is 3.18. The van der Waals surface area contributed by atoms with E-state index in [9.17, 15) is 4.79 Å². The van der Waals surface area contributed by atoms with Crippen molar-refractivity contribution in [2.24, 2.45) is 0 Å². The largest absolute Gasteiger partial charge is 0.493 e. The number of carbonyl (C=O) groups excluding carboxylic acids is 1. The van der Waals surface area contributed by atoms with E-state index in [4.69, 9.17) is 20.2 Å². The molecule has 0 bridgehead atoms. The lowest BCUT2D eigenvalue weighted by atomic mass is 9.91. The number of piperidine rings is 1. The minimum absolute atomic E-state index is 0.114. The average molecular weight is 406 g/mol. The van der Waals surface area contributed by atoms with Crippen molar-refractivity contribution in [1.29, 1.82) is 0 Å². The summed E-state index contributed by atoms with van der Waals surface area (Å²) in [6.07, 6.45) is 3.73. The molecule has 1 aromatic carbocycles. The minimum Gasteiger partial charge on any atom is -0.493 e. The van der Waals surface area contributed by atoms with Gasteiger partial charge in [-0.15, -0.1) is 0 Å². The molecule has 30 heavy (non-hydrogen) atoms. The molecular formula is C23H26N4O3. The number of nitrogens with two attached hydrogens (primary N) is 1. The van der Waals surface area contributed by atoms with Crippen molar-refractivity contribution in [3.05, 3.63) is 54.0 Å². The minimum atomic E-state index is 0.114. The maximum absolute atomic E-state index is 12.6. The normalized spacial score (nSPS) is 14.7. The number of fused-ring (bicyclic) bond motifs is 1. The summed E-state index contributed by atoms with van der Waals surface area (Å²) in [4.78, 5) is 23.6. The second-order valence-corrected chi connectivity index (χ2v) is 7.52. The van der Waals surface area contributed by atoms with E-state index in [0.29, 0.717) is 36.7 Å². The first-order chi connectivity index (χ1) is 14.6. The Morgan fingerprint density at radius 2 is 1.87 bits per heavy atom. The van der Waals surface area contributed by atoms with Crippen LogP contribution in [0.25, 0.3) is 10.9 Å². The number of rotatable bonds is 5. The first kappa shape index (κ1) is 19.9. The Kier molecular flexibility index (Phi) is 5.70. The number of amides is 1. The maximum Gasteiger partial charge on any atom is 0.228 e. The van der Waals surface area contributed by atoms with Crippen LogP contribution >= 0.6 is 0 Å². The summed E-state index contributed by atoms with van der Waals surface area (Å²) in [5, 5.41) is 0.914. The molecule has 0 radical (unpaired) electrons. The van der Waals surface area contributed by atoms with Gasteiger partial charge in [0.2, 0.25) is 5.91 Å². The Labute approximate surface area is 175 Å². The average Bonchev–Trinajstić information content (AvgIpc) is 2.78. The zero-order valence-electron chi connectivity index (χ0n) is 17.3. The highest BCUT2D eigenvalue weighted by molar-refractivity contribution is 5.86. The van der Waals surface area contributed by atoms with E-state index in [1.54, 1.807) is 20.4 Å². The van der Waals surface area contributed by atoms with Crippen LogP contribution in [-0.2, 0) is 11.2 Å². The summed E-state index contributed by atoms with van der Waals surface area (Å²) in [6, 6.07) is 11.3. The fourth-order valence-electron chi connectivity index (χ4n) is 4.03. The van der Waals surface area contributed by atoms with Crippen molar-refractivity contribution in [3.63, 3.8) is 0 Å². The topological polar surface area (TPSA) is 90.6 Å². The van der Waals surface area contributed by atoms with Crippen molar-refractivity contribution >= 4 is 22.5 Å². The van der Waals surface area contributed by atoms with Crippen molar-refractivity contribution in [2.45, 2.75) is 25.2 Å². The number of methoxy groups -OCH3 is 2. The molecule has 2 N–H and O–H groups in total. The monoisotopic (exact) mass is 406 g/mol. The third-order valence-corrected chi connectivity index (χ3v) is 5.67. The van der Waals surface area contributed by atoms with Gasteiger partial charge in [-0.3, -0.25) is 14.8 Å². The fraction of sp³-hybridized carbons (Fsp3) is 0.348. The maximum atomic E-state index is 12.6. The number of pyridine rings is 2. The highest BCUT2D eigenvalue weighted by Crippen LogP contribution is 2.36. The summed E-state index contributed by atoms with van der Waals surface area (Å²) >= 11 is 0. The van der Waals surface area contributed by atoms with Crippen LogP contribution in [0.3, 0.4) is 0 Å². The van der Waals surface area contributed by atoms with Gasteiger partial charge in [-0.05, 0) is 37.1 Å². The molecule has 4 rings (SSSR count). The lowest BCUT2D eigenvalue weighted by molar-refractivity contribution is -0.131. The van der Waals surface area contributed by atoms with E-state index >= 15 is 0 Å². The van der Waals surface area contributed by atoms with Crippen LogP contribution < -0.4 is 15.2 Å². The van der Waals surface area contributed by atoms with Crippen LogP contribution in [0.4, 0.5) is 5.69 Å². The molecule has 0 atom stereocenters. The Morgan fingerprint density at radius 3 is 2.53 bits per heavy atom. The lowest BCUT2D eigenvalue weighted by Gasteiger charge is -2.32. The van der Waals surface area contributed by atoms with E-state index < -0.39 is 0 Å². The number of benzene rings is 1. The SMILES string of the molecule is COc1cc2cc(N)c(C3CCN(C(=O)Cc4ccccn4)CC3)nc2cc1OC.